The van der Waals surface area contributed by atoms with E-state index in [9.17, 15) is 13.2 Å². The number of hydrogen-bond acceptors (Lipinski definition) is 5. The molecule has 2 aliphatic heterocycles. The van der Waals surface area contributed by atoms with Crippen LogP contribution in [0.25, 0.3) is 0 Å². The molecule has 1 amide bonds. The number of nitrogens with zero attached hydrogens (tertiary/aromatic N) is 2. The zero-order valence-electron chi connectivity index (χ0n) is 13.2. The number of hydrogen-bond donors (Lipinski definition) is 0. The zero-order chi connectivity index (χ0) is 17.3. The molecule has 2 fully saturated rings. The Morgan fingerprint density at radius 1 is 1.42 bits per heavy atom. The van der Waals surface area contributed by atoms with Gasteiger partial charge in [0.15, 0.2) is 15.0 Å². The molecule has 3 rings (SSSR count). The van der Waals surface area contributed by atoms with Crippen LogP contribution in [0.4, 0.5) is 0 Å². The molecule has 2 heterocycles. The van der Waals surface area contributed by atoms with E-state index >= 15 is 0 Å². The van der Waals surface area contributed by atoms with E-state index in [2.05, 4.69) is 11.6 Å². The molecule has 2 saturated heterocycles. The van der Waals surface area contributed by atoms with Crippen LogP contribution in [0.2, 0.25) is 0 Å². The van der Waals surface area contributed by atoms with Gasteiger partial charge in [0.05, 0.1) is 24.7 Å². The van der Waals surface area contributed by atoms with Crippen molar-refractivity contribution in [1.29, 1.82) is 0 Å². The number of methoxy groups -OCH3 is 1. The number of amides is 1. The van der Waals surface area contributed by atoms with Gasteiger partial charge in [-0.05, 0) is 24.3 Å². The molecule has 2 aliphatic rings. The number of benzene rings is 1. The van der Waals surface area contributed by atoms with E-state index in [1.807, 2.05) is 4.90 Å². The third-order valence-electron chi connectivity index (χ3n) is 4.03. The lowest BCUT2D eigenvalue weighted by Crippen LogP contribution is -2.37. The third kappa shape index (κ3) is 3.34. The molecule has 8 heteroatoms. The van der Waals surface area contributed by atoms with Gasteiger partial charge in [-0.25, -0.2) is 8.42 Å². The van der Waals surface area contributed by atoms with Crippen molar-refractivity contribution in [2.24, 2.45) is 4.99 Å². The number of thioether (sulfide) groups is 1. The molecule has 0 saturated carbocycles. The molecule has 0 aliphatic carbocycles. The summed E-state index contributed by atoms with van der Waals surface area (Å²) in [7, 11) is -1.46. The number of amidine groups is 1. The quantitative estimate of drug-likeness (QED) is 0.754. The summed E-state index contributed by atoms with van der Waals surface area (Å²) >= 11 is 1.37. The first-order chi connectivity index (χ1) is 11.4. The lowest BCUT2D eigenvalue weighted by molar-refractivity contribution is 0.100. The lowest BCUT2D eigenvalue weighted by Gasteiger charge is -2.22. The molecule has 0 bridgehead atoms. The van der Waals surface area contributed by atoms with Gasteiger partial charge in [-0.2, -0.15) is 4.99 Å². The molecule has 0 unspecified atom stereocenters. The molecule has 0 radical (unpaired) electrons. The van der Waals surface area contributed by atoms with E-state index in [1.165, 1.54) is 11.8 Å². The van der Waals surface area contributed by atoms with Crippen LogP contribution in [0.5, 0.6) is 5.75 Å². The van der Waals surface area contributed by atoms with Crippen molar-refractivity contribution >= 4 is 32.7 Å². The number of sulfone groups is 1. The predicted octanol–water partition coefficient (Wildman–Crippen LogP) is 1.59. The molecule has 0 N–H and O–H groups in total. The van der Waals surface area contributed by atoms with Gasteiger partial charge in [-0.1, -0.05) is 17.8 Å². The van der Waals surface area contributed by atoms with Crippen molar-refractivity contribution in [3.8, 4) is 5.75 Å². The van der Waals surface area contributed by atoms with Crippen LogP contribution in [-0.4, -0.2) is 60.8 Å². The molecule has 1 aromatic rings. The van der Waals surface area contributed by atoms with Crippen molar-refractivity contribution in [2.45, 2.75) is 11.3 Å². The number of fused-ring (bicyclic) bond motifs is 1. The maximum atomic E-state index is 12.4. The minimum Gasteiger partial charge on any atom is -0.497 e. The van der Waals surface area contributed by atoms with Crippen molar-refractivity contribution in [3.05, 3.63) is 42.5 Å². The summed E-state index contributed by atoms with van der Waals surface area (Å²) in [5.41, 5.74) is 0.465. The molecular formula is C16H18N2O4S2. The standard InChI is InChI=1S/C16H18N2O4S2/c1-3-8-18-13-9-24(20,21)10-14(13)23-16(18)17-15(19)11-4-6-12(22-2)7-5-11/h3-7,13-14H,1,8-10H2,2H3/t13-,14-/m0/s1. The largest absolute Gasteiger partial charge is 0.497 e. The van der Waals surface area contributed by atoms with Crippen LogP contribution < -0.4 is 4.74 Å². The summed E-state index contributed by atoms with van der Waals surface area (Å²) in [6.45, 7) is 4.18. The summed E-state index contributed by atoms with van der Waals surface area (Å²) in [5.74, 6) is 0.555. The summed E-state index contributed by atoms with van der Waals surface area (Å²) in [4.78, 5) is 18.5. The summed E-state index contributed by atoms with van der Waals surface area (Å²) in [6.07, 6.45) is 1.70. The smallest absolute Gasteiger partial charge is 0.279 e. The van der Waals surface area contributed by atoms with Gasteiger partial charge in [-0.15, -0.1) is 6.58 Å². The fourth-order valence-electron chi connectivity index (χ4n) is 2.87. The molecule has 128 valence electrons. The van der Waals surface area contributed by atoms with Crippen LogP contribution in [-0.2, 0) is 9.84 Å². The van der Waals surface area contributed by atoms with E-state index in [4.69, 9.17) is 4.74 Å². The average Bonchev–Trinajstić information content (AvgIpc) is 3.00. The van der Waals surface area contributed by atoms with Crippen LogP contribution in [0.15, 0.2) is 41.9 Å². The number of aliphatic imine (C=N–C) groups is 1. The van der Waals surface area contributed by atoms with Gasteiger partial charge in [0.25, 0.3) is 5.91 Å². The molecule has 0 aromatic heterocycles. The molecular weight excluding hydrogens is 348 g/mol. The Morgan fingerprint density at radius 2 is 2.12 bits per heavy atom. The topological polar surface area (TPSA) is 76.0 Å². The summed E-state index contributed by atoms with van der Waals surface area (Å²) < 4.78 is 28.7. The highest BCUT2D eigenvalue weighted by Gasteiger charge is 2.48. The van der Waals surface area contributed by atoms with Gasteiger partial charge in [0, 0.05) is 17.4 Å². The normalized spacial score (nSPS) is 26.4. The van der Waals surface area contributed by atoms with E-state index in [0.717, 1.165) is 0 Å². The highest BCUT2D eigenvalue weighted by Crippen LogP contribution is 2.38. The van der Waals surface area contributed by atoms with Crippen molar-refractivity contribution in [1.82, 2.24) is 4.90 Å². The first kappa shape index (κ1) is 17.0. The van der Waals surface area contributed by atoms with E-state index < -0.39 is 9.84 Å². The van der Waals surface area contributed by atoms with Crippen molar-refractivity contribution in [2.75, 3.05) is 25.2 Å². The minimum atomic E-state index is -3.02. The van der Waals surface area contributed by atoms with Gasteiger partial charge < -0.3 is 9.64 Å². The molecule has 2 atom stereocenters. The third-order valence-corrected chi connectivity index (χ3v) is 7.28. The second-order valence-electron chi connectivity index (χ2n) is 5.67. The van der Waals surface area contributed by atoms with Gasteiger partial charge in [0.1, 0.15) is 5.75 Å². The van der Waals surface area contributed by atoms with Crippen molar-refractivity contribution < 1.29 is 17.9 Å². The Morgan fingerprint density at radius 3 is 2.75 bits per heavy atom. The van der Waals surface area contributed by atoms with Crippen LogP contribution in [0, 0.1) is 0 Å². The Balaban J connectivity index is 1.83. The van der Waals surface area contributed by atoms with Crippen molar-refractivity contribution in [3.63, 3.8) is 0 Å². The summed E-state index contributed by atoms with van der Waals surface area (Å²) in [6, 6.07) is 6.60. The predicted molar refractivity (Wildman–Crippen MR) is 95.5 cm³/mol. The average molecular weight is 366 g/mol. The fourth-order valence-corrected chi connectivity index (χ4v) is 6.83. The van der Waals surface area contributed by atoms with Crippen LogP contribution >= 0.6 is 11.8 Å². The van der Waals surface area contributed by atoms with E-state index in [1.54, 1.807) is 37.5 Å². The first-order valence-electron chi connectivity index (χ1n) is 7.45. The molecule has 0 spiro atoms. The minimum absolute atomic E-state index is 0.0719. The van der Waals surface area contributed by atoms with Gasteiger partial charge in [-0.3, -0.25) is 4.79 Å². The van der Waals surface area contributed by atoms with Crippen LogP contribution in [0.1, 0.15) is 10.4 Å². The highest BCUT2D eigenvalue weighted by molar-refractivity contribution is 8.15. The zero-order valence-corrected chi connectivity index (χ0v) is 14.8. The number of carbonyl (C=O) groups excluding carboxylic acids is 1. The molecule has 6 nitrogen and oxygen atoms in total. The molecule has 24 heavy (non-hydrogen) atoms. The second kappa shape index (κ2) is 6.60. The fraction of sp³-hybridized carbons (Fsp3) is 0.375. The SMILES string of the molecule is C=CCN1C(=NC(=O)c2ccc(OC)cc2)S[C@H]2CS(=O)(=O)C[C@@H]21. The van der Waals surface area contributed by atoms with Crippen LogP contribution in [0.3, 0.4) is 0 Å². The molecule has 1 aromatic carbocycles. The Hall–Kier alpha value is -1.80. The Kier molecular flexibility index (Phi) is 4.69. The second-order valence-corrected chi connectivity index (χ2v) is 9.03. The summed E-state index contributed by atoms with van der Waals surface area (Å²) in [5, 5.41) is 0.498. The number of ether oxygens (including phenoxy) is 1. The highest BCUT2D eigenvalue weighted by atomic mass is 32.2. The van der Waals surface area contributed by atoms with E-state index in [-0.39, 0.29) is 28.7 Å². The van der Waals surface area contributed by atoms with Gasteiger partial charge >= 0.3 is 0 Å². The number of carbonyl (C=O) groups is 1. The maximum Gasteiger partial charge on any atom is 0.279 e. The maximum absolute atomic E-state index is 12.4. The Labute approximate surface area is 145 Å². The monoisotopic (exact) mass is 366 g/mol. The lowest BCUT2D eigenvalue weighted by atomic mass is 10.2. The van der Waals surface area contributed by atoms with Gasteiger partial charge in [0.2, 0.25) is 0 Å². The number of rotatable bonds is 4. The Bertz CT molecular complexity index is 787. The van der Waals surface area contributed by atoms with E-state index in [0.29, 0.717) is 23.0 Å². The first-order valence-corrected chi connectivity index (χ1v) is 10.2.